The second-order valence-electron chi connectivity index (χ2n) is 7.19. The maximum absolute atomic E-state index is 14.4. The predicted octanol–water partition coefficient (Wildman–Crippen LogP) is 3.80. The minimum atomic E-state index is -1.14. The summed E-state index contributed by atoms with van der Waals surface area (Å²) in [5, 5.41) is 8.82. The SMILES string of the molecule is N#CCC1(N)CCN(Cc2ccc(C3=CCCCC3)cc2)CC1F. The van der Waals surface area contributed by atoms with Gasteiger partial charge in [0.15, 0.2) is 0 Å². The number of nitriles is 1. The van der Waals surface area contributed by atoms with Crippen LogP contribution in [0.2, 0.25) is 0 Å². The molecule has 2 unspecified atom stereocenters. The van der Waals surface area contributed by atoms with E-state index in [2.05, 4.69) is 35.2 Å². The Labute approximate surface area is 143 Å². The van der Waals surface area contributed by atoms with Crippen LogP contribution in [0.1, 0.15) is 49.7 Å². The first-order chi connectivity index (χ1) is 11.6. The van der Waals surface area contributed by atoms with Gasteiger partial charge >= 0.3 is 0 Å². The summed E-state index contributed by atoms with van der Waals surface area (Å²) >= 11 is 0. The fourth-order valence-corrected chi connectivity index (χ4v) is 3.70. The molecule has 3 rings (SSSR count). The van der Waals surface area contributed by atoms with Crippen molar-refractivity contribution in [3.05, 3.63) is 41.5 Å². The van der Waals surface area contributed by atoms with E-state index in [-0.39, 0.29) is 6.42 Å². The van der Waals surface area contributed by atoms with E-state index in [9.17, 15) is 4.39 Å². The summed E-state index contributed by atoms with van der Waals surface area (Å²) in [7, 11) is 0. The molecule has 0 spiro atoms. The molecule has 0 saturated carbocycles. The number of alkyl halides is 1. The summed E-state index contributed by atoms with van der Waals surface area (Å²) in [6.45, 7) is 1.79. The molecule has 2 atom stereocenters. The minimum Gasteiger partial charge on any atom is -0.322 e. The standard InChI is InChI=1S/C20H26FN3/c21-19-15-24(13-11-20(19,23)10-12-22)14-16-6-8-18(9-7-16)17-4-2-1-3-5-17/h4,6-9,19H,1-3,5,10-11,13-15,23H2. The average molecular weight is 327 g/mol. The van der Waals surface area contributed by atoms with Gasteiger partial charge in [-0.05, 0) is 48.8 Å². The monoisotopic (exact) mass is 327 g/mol. The Kier molecular flexibility index (Phi) is 5.33. The van der Waals surface area contributed by atoms with Gasteiger partial charge in [0.05, 0.1) is 18.0 Å². The second-order valence-corrected chi connectivity index (χ2v) is 7.19. The number of likely N-dealkylation sites (tertiary alicyclic amines) is 1. The number of nitrogens with zero attached hydrogens (tertiary/aromatic N) is 2. The molecule has 0 radical (unpaired) electrons. The van der Waals surface area contributed by atoms with Gasteiger partial charge in [-0.15, -0.1) is 0 Å². The average Bonchev–Trinajstić information content (AvgIpc) is 2.60. The number of hydrogen-bond donors (Lipinski definition) is 1. The second kappa shape index (κ2) is 7.46. The number of nitrogens with two attached hydrogens (primary N) is 1. The highest BCUT2D eigenvalue weighted by molar-refractivity contribution is 5.66. The zero-order valence-electron chi connectivity index (χ0n) is 14.2. The molecule has 0 bridgehead atoms. The molecular formula is C20H26FN3. The van der Waals surface area contributed by atoms with E-state index in [0.29, 0.717) is 13.0 Å². The highest BCUT2D eigenvalue weighted by Gasteiger charge is 2.40. The van der Waals surface area contributed by atoms with E-state index in [0.717, 1.165) is 13.1 Å². The van der Waals surface area contributed by atoms with Crippen molar-refractivity contribution < 1.29 is 4.39 Å². The van der Waals surface area contributed by atoms with Gasteiger partial charge in [0.2, 0.25) is 0 Å². The Morgan fingerprint density at radius 3 is 2.71 bits per heavy atom. The molecule has 0 aromatic heterocycles. The molecule has 2 N–H and O–H groups in total. The highest BCUT2D eigenvalue weighted by Crippen LogP contribution is 2.28. The van der Waals surface area contributed by atoms with Gasteiger partial charge in [0.1, 0.15) is 6.17 Å². The molecule has 1 saturated heterocycles. The lowest BCUT2D eigenvalue weighted by Crippen LogP contribution is -2.58. The van der Waals surface area contributed by atoms with Gasteiger partial charge < -0.3 is 5.73 Å². The number of hydrogen-bond acceptors (Lipinski definition) is 3. The van der Waals surface area contributed by atoms with Crippen LogP contribution in [0.25, 0.3) is 5.57 Å². The van der Waals surface area contributed by atoms with Crippen molar-refractivity contribution in [2.45, 2.75) is 56.8 Å². The number of piperidine rings is 1. The number of halogens is 1. The fourth-order valence-electron chi connectivity index (χ4n) is 3.70. The van der Waals surface area contributed by atoms with Crippen molar-refractivity contribution in [1.29, 1.82) is 5.26 Å². The quantitative estimate of drug-likeness (QED) is 0.915. The Balaban J connectivity index is 1.59. The van der Waals surface area contributed by atoms with E-state index in [1.807, 2.05) is 6.07 Å². The van der Waals surface area contributed by atoms with Crippen molar-refractivity contribution in [3.8, 4) is 6.07 Å². The zero-order chi connectivity index (χ0) is 17.0. The van der Waals surface area contributed by atoms with Crippen LogP contribution in [0.3, 0.4) is 0 Å². The highest BCUT2D eigenvalue weighted by atomic mass is 19.1. The number of allylic oxidation sites excluding steroid dienone is 2. The van der Waals surface area contributed by atoms with E-state index < -0.39 is 11.7 Å². The first-order valence-electron chi connectivity index (χ1n) is 8.91. The van der Waals surface area contributed by atoms with Crippen molar-refractivity contribution >= 4 is 5.57 Å². The van der Waals surface area contributed by atoms with Crippen LogP contribution in [0.15, 0.2) is 30.3 Å². The summed E-state index contributed by atoms with van der Waals surface area (Å²) in [5.74, 6) is 0. The third-order valence-electron chi connectivity index (χ3n) is 5.37. The Morgan fingerprint density at radius 2 is 2.08 bits per heavy atom. The lowest BCUT2D eigenvalue weighted by molar-refractivity contribution is 0.0610. The van der Waals surface area contributed by atoms with Crippen LogP contribution in [-0.2, 0) is 6.54 Å². The van der Waals surface area contributed by atoms with Crippen molar-refractivity contribution in [1.82, 2.24) is 4.90 Å². The number of rotatable bonds is 4. The summed E-state index contributed by atoms with van der Waals surface area (Å²) in [5.41, 5.74) is 9.04. The first-order valence-corrected chi connectivity index (χ1v) is 8.91. The van der Waals surface area contributed by atoms with Crippen molar-refractivity contribution in [3.63, 3.8) is 0 Å². The van der Waals surface area contributed by atoms with Gasteiger partial charge in [-0.2, -0.15) is 5.26 Å². The molecule has 24 heavy (non-hydrogen) atoms. The Morgan fingerprint density at radius 1 is 1.29 bits per heavy atom. The predicted molar refractivity (Wildman–Crippen MR) is 94.8 cm³/mol. The van der Waals surface area contributed by atoms with Crippen LogP contribution >= 0.6 is 0 Å². The summed E-state index contributed by atoms with van der Waals surface area (Å²) in [4.78, 5) is 2.10. The lowest BCUT2D eigenvalue weighted by Gasteiger charge is -2.40. The van der Waals surface area contributed by atoms with Crippen molar-refractivity contribution in [2.75, 3.05) is 13.1 Å². The molecule has 1 aromatic rings. The van der Waals surface area contributed by atoms with Crippen LogP contribution in [0.5, 0.6) is 0 Å². The fraction of sp³-hybridized carbons (Fsp3) is 0.550. The van der Waals surface area contributed by atoms with Crippen LogP contribution < -0.4 is 5.73 Å². The molecule has 4 heteroatoms. The minimum absolute atomic E-state index is 0.0891. The molecule has 1 heterocycles. The van der Waals surface area contributed by atoms with E-state index in [1.54, 1.807) is 0 Å². The smallest absolute Gasteiger partial charge is 0.132 e. The van der Waals surface area contributed by atoms with Gasteiger partial charge in [-0.3, -0.25) is 4.90 Å². The number of benzene rings is 1. The summed E-state index contributed by atoms with van der Waals surface area (Å²) in [6, 6.07) is 10.7. The first kappa shape index (κ1) is 17.1. The Bertz CT molecular complexity index is 631. The Hall–Kier alpha value is -1.70. The van der Waals surface area contributed by atoms with E-state index in [4.69, 9.17) is 11.0 Å². The molecule has 128 valence electrons. The molecule has 1 aromatic carbocycles. The molecule has 3 nitrogen and oxygen atoms in total. The molecular weight excluding hydrogens is 301 g/mol. The maximum atomic E-state index is 14.4. The van der Waals surface area contributed by atoms with E-state index >= 15 is 0 Å². The topological polar surface area (TPSA) is 53.1 Å². The third kappa shape index (κ3) is 3.85. The molecule has 1 fully saturated rings. The van der Waals surface area contributed by atoms with Gasteiger partial charge in [-0.25, -0.2) is 4.39 Å². The van der Waals surface area contributed by atoms with Gasteiger partial charge in [-0.1, -0.05) is 30.3 Å². The normalized spacial score (nSPS) is 28.2. The van der Waals surface area contributed by atoms with E-state index in [1.165, 1.54) is 42.4 Å². The van der Waals surface area contributed by atoms with Gasteiger partial charge in [0.25, 0.3) is 0 Å². The summed E-state index contributed by atoms with van der Waals surface area (Å²) < 4.78 is 14.4. The molecule has 0 amide bonds. The summed E-state index contributed by atoms with van der Waals surface area (Å²) in [6.07, 6.45) is 6.78. The lowest BCUT2D eigenvalue weighted by atomic mass is 9.84. The third-order valence-corrected chi connectivity index (χ3v) is 5.37. The van der Waals surface area contributed by atoms with Crippen LogP contribution in [0, 0.1) is 11.3 Å². The molecule has 1 aliphatic carbocycles. The molecule has 2 aliphatic rings. The zero-order valence-corrected chi connectivity index (χ0v) is 14.2. The van der Waals surface area contributed by atoms with Crippen LogP contribution in [-0.4, -0.2) is 29.7 Å². The van der Waals surface area contributed by atoms with Crippen molar-refractivity contribution in [2.24, 2.45) is 5.73 Å². The molecule has 1 aliphatic heterocycles. The van der Waals surface area contributed by atoms with Crippen LogP contribution in [0.4, 0.5) is 4.39 Å². The largest absolute Gasteiger partial charge is 0.322 e. The maximum Gasteiger partial charge on any atom is 0.132 e. The van der Waals surface area contributed by atoms with Gasteiger partial charge in [0, 0.05) is 19.6 Å².